The highest BCUT2D eigenvalue weighted by molar-refractivity contribution is 6.45. The van der Waals surface area contributed by atoms with E-state index in [-0.39, 0.29) is 30.0 Å². The highest BCUT2D eigenvalue weighted by Gasteiger charge is 2.56. The van der Waals surface area contributed by atoms with E-state index in [1.54, 1.807) is 19.0 Å². The molecule has 7 rings (SSSR count). The number of anilines is 1. The Labute approximate surface area is 262 Å². The Balaban J connectivity index is 1.54. The monoisotopic (exact) mass is 630 g/mol. The van der Waals surface area contributed by atoms with E-state index in [0.29, 0.717) is 52.2 Å². The van der Waals surface area contributed by atoms with E-state index in [1.165, 1.54) is 0 Å². The molecule has 3 aliphatic heterocycles. The second-order valence-corrected chi connectivity index (χ2v) is 14.3. The Bertz CT molecular complexity index is 1630. The van der Waals surface area contributed by atoms with Crippen LogP contribution >= 0.6 is 23.2 Å². The van der Waals surface area contributed by atoms with Gasteiger partial charge in [0.25, 0.3) is 0 Å². The lowest BCUT2D eigenvalue weighted by atomic mass is 9.79. The summed E-state index contributed by atoms with van der Waals surface area (Å²) in [5.74, 6) is 1.76. The van der Waals surface area contributed by atoms with Crippen molar-refractivity contribution < 1.29 is 14.3 Å². The van der Waals surface area contributed by atoms with E-state index in [2.05, 4.69) is 28.5 Å². The lowest BCUT2D eigenvalue weighted by Crippen LogP contribution is -2.57. The van der Waals surface area contributed by atoms with Crippen molar-refractivity contribution in [3.05, 3.63) is 21.6 Å². The Morgan fingerprint density at radius 2 is 1.67 bits per heavy atom. The molecular formula is C30H40Cl2N8O3. The molecule has 6 heterocycles. The number of carbonyl (C=O) groups excluding carboxylic acids is 2. The molecule has 0 N–H and O–H groups in total. The van der Waals surface area contributed by atoms with Gasteiger partial charge in [-0.25, -0.2) is 19.7 Å². The lowest BCUT2D eigenvalue weighted by Gasteiger charge is -2.43. The van der Waals surface area contributed by atoms with Gasteiger partial charge in [-0.15, -0.1) is 0 Å². The Morgan fingerprint density at radius 1 is 0.977 bits per heavy atom. The molecule has 11 nitrogen and oxygen atoms in total. The number of amides is 2. The lowest BCUT2D eigenvalue weighted by molar-refractivity contribution is -0.128. The van der Waals surface area contributed by atoms with Crippen LogP contribution in [0.15, 0.2) is 0 Å². The van der Waals surface area contributed by atoms with Gasteiger partial charge in [0.05, 0.1) is 27.8 Å². The minimum absolute atomic E-state index is 0.0224. The zero-order chi connectivity index (χ0) is 31.1. The topological polar surface area (TPSA) is 99.9 Å². The van der Waals surface area contributed by atoms with Gasteiger partial charge in [-0.1, -0.05) is 23.2 Å². The number of imidazole rings is 1. The number of pyridine rings is 2. The van der Waals surface area contributed by atoms with Gasteiger partial charge in [0, 0.05) is 58.5 Å². The number of ether oxygens (including phenoxy) is 1. The molecular weight excluding hydrogens is 591 g/mol. The molecule has 4 aliphatic rings. The fourth-order valence-corrected chi connectivity index (χ4v) is 6.94. The predicted octanol–water partition coefficient (Wildman–Crippen LogP) is 4.55. The number of aryl methyl sites for hydroxylation is 2. The first-order valence-corrected chi connectivity index (χ1v) is 15.6. The highest BCUT2D eigenvalue weighted by atomic mass is 35.5. The second-order valence-electron chi connectivity index (χ2n) is 13.6. The number of hydrogen-bond acceptors (Lipinski definition) is 8. The number of fused-ring (bicyclic) bond motifs is 4. The Kier molecular flexibility index (Phi) is 7.45. The van der Waals surface area contributed by atoms with Crippen molar-refractivity contribution in [1.29, 1.82) is 0 Å². The average Bonchev–Trinajstić information content (AvgIpc) is 3.57. The fraction of sp³-hybridized carbons (Fsp3) is 0.633. The maximum absolute atomic E-state index is 13.2. The van der Waals surface area contributed by atoms with E-state index in [4.69, 9.17) is 42.9 Å². The number of nitrogens with zero attached hydrogens (tertiary/aromatic N) is 8. The summed E-state index contributed by atoms with van der Waals surface area (Å²) in [7, 11) is 7.67. The molecule has 2 amide bonds. The number of carbonyl (C=O) groups is 2. The van der Waals surface area contributed by atoms with E-state index >= 15 is 0 Å². The molecule has 4 fully saturated rings. The molecule has 3 aromatic heterocycles. The van der Waals surface area contributed by atoms with Gasteiger partial charge < -0.3 is 28.9 Å². The van der Waals surface area contributed by atoms with Crippen molar-refractivity contribution in [2.45, 2.75) is 70.7 Å². The van der Waals surface area contributed by atoms with Crippen LogP contribution in [0, 0.1) is 12.8 Å². The smallest absolute Gasteiger partial charge is 0.410 e. The van der Waals surface area contributed by atoms with Crippen LogP contribution in [0.2, 0.25) is 10.0 Å². The van der Waals surface area contributed by atoms with Crippen LogP contribution < -0.4 is 4.90 Å². The van der Waals surface area contributed by atoms with Gasteiger partial charge in [-0.3, -0.25) is 4.79 Å². The van der Waals surface area contributed by atoms with Crippen molar-refractivity contribution in [2.75, 3.05) is 52.7 Å². The zero-order valence-corrected chi connectivity index (χ0v) is 27.6. The molecule has 3 unspecified atom stereocenters. The average molecular weight is 632 g/mol. The van der Waals surface area contributed by atoms with Gasteiger partial charge in [0.2, 0.25) is 5.91 Å². The largest absolute Gasteiger partial charge is 0.444 e. The number of aromatic nitrogens is 4. The first-order chi connectivity index (χ1) is 20.2. The van der Waals surface area contributed by atoms with Gasteiger partial charge in [-0.05, 0) is 48.2 Å². The van der Waals surface area contributed by atoms with Gasteiger partial charge in [-0.2, -0.15) is 0 Å². The van der Waals surface area contributed by atoms with Crippen molar-refractivity contribution in [3.8, 4) is 0 Å². The van der Waals surface area contributed by atoms with Gasteiger partial charge in [0.15, 0.2) is 5.82 Å². The van der Waals surface area contributed by atoms with Crippen LogP contribution in [0.4, 0.5) is 10.6 Å². The molecule has 0 spiro atoms. The first kappa shape index (κ1) is 30.1. The van der Waals surface area contributed by atoms with Crippen LogP contribution in [0.3, 0.4) is 0 Å². The van der Waals surface area contributed by atoms with Crippen molar-refractivity contribution in [3.63, 3.8) is 0 Å². The van der Waals surface area contributed by atoms with Crippen LogP contribution in [-0.4, -0.2) is 112 Å². The van der Waals surface area contributed by atoms with E-state index in [9.17, 15) is 9.59 Å². The van der Waals surface area contributed by atoms with Crippen molar-refractivity contribution in [1.82, 2.24) is 34.2 Å². The summed E-state index contributed by atoms with van der Waals surface area (Å²) in [6.45, 7) is 9.68. The molecule has 43 heavy (non-hydrogen) atoms. The number of rotatable bonds is 6. The molecule has 3 aromatic rings. The molecule has 1 aliphatic carbocycles. The van der Waals surface area contributed by atoms with Gasteiger partial charge >= 0.3 is 6.09 Å². The first-order valence-electron chi connectivity index (χ1n) is 14.8. The summed E-state index contributed by atoms with van der Waals surface area (Å²) in [5, 5.41) is 0.741. The summed E-state index contributed by atoms with van der Waals surface area (Å²) >= 11 is 13.5. The third-order valence-electron chi connectivity index (χ3n) is 8.99. The molecule has 3 saturated heterocycles. The van der Waals surface area contributed by atoms with Crippen LogP contribution in [0.25, 0.3) is 22.1 Å². The van der Waals surface area contributed by atoms with Crippen molar-refractivity contribution >= 4 is 63.1 Å². The third kappa shape index (κ3) is 5.07. The summed E-state index contributed by atoms with van der Waals surface area (Å²) in [6.07, 6.45) is 1.32. The van der Waals surface area contributed by atoms with E-state index in [0.717, 1.165) is 42.2 Å². The third-order valence-corrected chi connectivity index (χ3v) is 9.92. The van der Waals surface area contributed by atoms with Crippen LogP contribution in [-0.2, 0) is 16.0 Å². The highest BCUT2D eigenvalue weighted by Crippen LogP contribution is 2.52. The normalized spacial score (nSPS) is 22.0. The van der Waals surface area contributed by atoms with E-state index in [1.807, 2.05) is 32.6 Å². The molecule has 2 bridgehead atoms. The second kappa shape index (κ2) is 10.6. The number of halogens is 2. The predicted molar refractivity (Wildman–Crippen MR) is 168 cm³/mol. The Hall–Kier alpha value is -2.89. The van der Waals surface area contributed by atoms with E-state index < -0.39 is 5.60 Å². The fourth-order valence-electron chi connectivity index (χ4n) is 6.54. The minimum atomic E-state index is -0.588. The number of likely N-dealkylation sites (N-methyl/N-ethyl adjacent to an activating group) is 1. The minimum Gasteiger partial charge on any atom is -0.444 e. The van der Waals surface area contributed by atoms with Crippen molar-refractivity contribution in [2.24, 2.45) is 5.92 Å². The molecule has 1 saturated carbocycles. The number of hydrogen-bond donors (Lipinski definition) is 0. The summed E-state index contributed by atoms with van der Waals surface area (Å²) in [4.78, 5) is 49.0. The summed E-state index contributed by atoms with van der Waals surface area (Å²) in [6, 6.07) is 0.299. The quantitative estimate of drug-likeness (QED) is 0.391. The van der Waals surface area contributed by atoms with Gasteiger partial charge in [0.1, 0.15) is 33.5 Å². The molecule has 3 atom stereocenters. The van der Waals surface area contributed by atoms with Crippen LogP contribution in [0.1, 0.15) is 51.2 Å². The molecule has 232 valence electrons. The summed E-state index contributed by atoms with van der Waals surface area (Å²) < 4.78 is 8.00. The maximum atomic E-state index is 13.2. The molecule has 0 radical (unpaired) electrons. The maximum Gasteiger partial charge on any atom is 0.410 e. The molecule has 13 heteroatoms. The zero-order valence-electron chi connectivity index (χ0n) is 26.1. The Morgan fingerprint density at radius 3 is 2.30 bits per heavy atom. The molecule has 0 aromatic carbocycles. The van der Waals surface area contributed by atoms with Crippen LogP contribution in [0.5, 0.6) is 0 Å². The summed E-state index contributed by atoms with van der Waals surface area (Å²) in [5.41, 5.74) is 2.74. The standard InChI is InChI=1S/C30H40Cl2N8O3/c1-15-21(31)22(32)23-24(33-15)27-25(28(35-23)38-13-17(14-38)36(5)6)34-19(9-10-20(41)37(7)8)40(27)26-16-11-18(26)39(12-16)29(42)43-30(2,3)4/h16-18,26H,9-14H2,1-8H3. The SMILES string of the molecule is Cc1nc2c(nc(N3CC(N(C)C)C3)c3nc(CCC(=O)N(C)C)n(C4C5CC4N(C(=O)OC(C)(C)C)C5)c32)c(Cl)c1Cl.